The molecule has 2 aromatic carbocycles. The van der Waals surface area contributed by atoms with E-state index in [9.17, 15) is 9.59 Å². The van der Waals surface area contributed by atoms with Crippen molar-refractivity contribution in [2.45, 2.75) is 0 Å². The second-order valence-electron chi connectivity index (χ2n) is 5.95. The molecule has 1 heterocycles. The van der Waals surface area contributed by atoms with Crippen LogP contribution in [0.5, 0.6) is 17.2 Å². The molecule has 0 saturated carbocycles. The van der Waals surface area contributed by atoms with Gasteiger partial charge in [-0.05, 0) is 30.3 Å². The molecule has 0 saturated heterocycles. The van der Waals surface area contributed by atoms with Crippen LogP contribution in [0.15, 0.2) is 48.5 Å². The number of aromatic nitrogens is 1. The SMILES string of the molecule is COC(=O)c1cc(OCC(=O)Nc2cccc(OC)c2)c2cc(OC)ccc2n1. The summed E-state index contributed by atoms with van der Waals surface area (Å²) in [6, 6.07) is 13.5. The van der Waals surface area contributed by atoms with Crippen molar-refractivity contribution >= 4 is 28.5 Å². The lowest BCUT2D eigenvalue weighted by Gasteiger charge is -2.12. The minimum absolute atomic E-state index is 0.0772. The van der Waals surface area contributed by atoms with E-state index in [0.717, 1.165) is 0 Å². The first-order chi connectivity index (χ1) is 14.0. The van der Waals surface area contributed by atoms with Crippen LogP contribution < -0.4 is 19.5 Å². The lowest BCUT2D eigenvalue weighted by molar-refractivity contribution is -0.118. The molecular formula is C21H20N2O6. The van der Waals surface area contributed by atoms with Gasteiger partial charge >= 0.3 is 5.97 Å². The van der Waals surface area contributed by atoms with E-state index in [1.807, 2.05) is 0 Å². The highest BCUT2D eigenvalue weighted by Gasteiger charge is 2.15. The van der Waals surface area contributed by atoms with Gasteiger partial charge in [0.05, 0.1) is 26.8 Å². The van der Waals surface area contributed by atoms with Crippen molar-refractivity contribution in [2.24, 2.45) is 0 Å². The monoisotopic (exact) mass is 396 g/mol. The van der Waals surface area contributed by atoms with Gasteiger partial charge in [-0.15, -0.1) is 0 Å². The normalized spacial score (nSPS) is 10.3. The summed E-state index contributed by atoms with van der Waals surface area (Å²) < 4.78 is 20.8. The molecule has 8 heteroatoms. The Hall–Kier alpha value is -3.81. The molecule has 0 aliphatic rings. The van der Waals surface area contributed by atoms with E-state index >= 15 is 0 Å². The van der Waals surface area contributed by atoms with Crippen LogP contribution in [0.25, 0.3) is 10.9 Å². The molecule has 0 aliphatic carbocycles. The van der Waals surface area contributed by atoms with Crippen LogP contribution in [0.2, 0.25) is 0 Å². The average Bonchev–Trinajstić information content (AvgIpc) is 2.76. The maximum absolute atomic E-state index is 12.3. The van der Waals surface area contributed by atoms with Crippen molar-refractivity contribution in [3.63, 3.8) is 0 Å². The standard InChI is InChI=1S/C21H20N2O6/c1-26-14-6-4-5-13(9-14)22-20(24)12-29-19-11-18(21(25)28-3)23-17-8-7-15(27-2)10-16(17)19/h4-11H,12H2,1-3H3,(H,22,24). The summed E-state index contributed by atoms with van der Waals surface area (Å²) in [5, 5.41) is 3.33. The molecule has 0 spiro atoms. The lowest BCUT2D eigenvalue weighted by Crippen LogP contribution is -2.20. The van der Waals surface area contributed by atoms with Crippen molar-refractivity contribution in [1.82, 2.24) is 4.98 Å². The highest BCUT2D eigenvalue weighted by atomic mass is 16.5. The summed E-state index contributed by atoms with van der Waals surface area (Å²) in [6.07, 6.45) is 0. The Morgan fingerprint density at radius 1 is 0.966 bits per heavy atom. The van der Waals surface area contributed by atoms with Gasteiger partial charge < -0.3 is 24.3 Å². The summed E-state index contributed by atoms with van der Waals surface area (Å²) in [7, 11) is 4.36. The number of benzene rings is 2. The Kier molecular flexibility index (Phi) is 6.13. The van der Waals surface area contributed by atoms with Crippen molar-refractivity contribution in [3.05, 3.63) is 54.2 Å². The number of hydrogen-bond acceptors (Lipinski definition) is 7. The smallest absolute Gasteiger partial charge is 0.356 e. The third-order valence-corrected chi connectivity index (χ3v) is 4.08. The molecule has 1 N–H and O–H groups in total. The minimum Gasteiger partial charge on any atom is -0.497 e. The van der Waals surface area contributed by atoms with Crippen LogP contribution in [0.3, 0.4) is 0 Å². The molecule has 0 radical (unpaired) electrons. The second kappa shape index (κ2) is 8.92. The lowest BCUT2D eigenvalue weighted by atomic mass is 10.1. The van der Waals surface area contributed by atoms with Gasteiger partial charge in [0.1, 0.15) is 17.2 Å². The number of nitrogens with zero attached hydrogens (tertiary/aromatic N) is 1. The van der Waals surface area contributed by atoms with Crippen LogP contribution >= 0.6 is 0 Å². The molecule has 29 heavy (non-hydrogen) atoms. The molecule has 3 aromatic rings. The first-order valence-corrected chi connectivity index (χ1v) is 8.68. The van der Waals surface area contributed by atoms with Crippen molar-refractivity contribution in [1.29, 1.82) is 0 Å². The molecule has 0 aliphatic heterocycles. The third kappa shape index (κ3) is 4.73. The van der Waals surface area contributed by atoms with E-state index in [1.54, 1.807) is 56.7 Å². The first-order valence-electron chi connectivity index (χ1n) is 8.68. The number of pyridine rings is 1. The minimum atomic E-state index is -0.603. The number of carbonyl (C=O) groups excluding carboxylic acids is 2. The zero-order valence-corrected chi connectivity index (χ0v) is 16.2. The Bertz CT molecular complexity index is 1050. The zero-order valence-electron chi connectivity index (χ0n) is 16.2. The van der Waals surface area contributed by atoms with Gasteiger partial charge in [0.25, 0.3) is 5.91 Å². The molecule has 1 aromatic heterocycles. The van der Waals surface area contributed by atoms with Crippen LogP contribution in [0.4, 0.5) is 5.69 Å². The molecule has 8 nitrogen and oxygen atoms in total. The number of anilines is 1. The number of esters is 1. The van der Waals surface area contributed by atoms with E-state index in [0.29, 0.717) is 33.8 Å². The number of amides is 1. The highest BCUT2D eigenvalue weighted by Crippen LogP contribution is 2.29. The number of nitrogens with one attached hydrogen (secondary N) is 1. The topological polar surface area (TPSA) is 96.0 Å². The van der Waals surface area contributed by atoms with E-state index in [2.05, 4.69) is 10.3 Å². The Labute approximate surface area is 167 Å². The Morgan fingerprint density at radius 2 is 1.72 bits per heavy atom. The van der Waals surface area contributed by atoms with Crippen LogP contribution in [0, 0.1) is 0 Å². The maximum Gasteiger partial charge on any atom is 0.356 e. The summed E-state index contributed by atoms with van der Waals surface area (Å²) in [5.41, 5.74) is 1.17. The maximum atomic E-state index is 12.3. The largest absolute Gasteiger partial charge is 0.497 e. The van der Waals surface area contributed by atoms with Crippen LogP contribution in [0.1, 0.15) is 10.5 Å². The fraction of sp³-hybridized carbons (Fsp3) is 0.190. The van der Waals surface area contributed by atoms with Gasteiger partial charge in [-0.3, -0.25) is 4.79 Å². The van der Waals surface area contributed by atoms with Gasteiger partial charge in [-0.1, -0.05) is 6.07 Å². The Balaban J connectivity index is 1.83. The summed E-state index contributed by atoms with van der Waals surface area (Å²) in [4.78, 5) is 28.5. The number of ether oxygens (including phenoxy) is 4. The second-order valence-corrected chi connectivity index (χ2v) is 5.95. The number of rotatable bonds is 7. The van der Waals surface area contributed by atoms with E-state index in [-0.39, 0.29) is 18.2 Å². The quantitative estimate of drug-likeness (QED) is 0.613. The molecule has 3 rings (SSSR count). The molecule has 0 bridgehead atoms. The van der Waals surface area contributed by atoms with Crippen LogP contribution in [-0.2, 0) is 9.53 Å². The average molecular weight is 396 g/mol. The van der Waals surface area contributed by atoms with Gasteiger partial charge in [0.2, 0.25) is 0 Å². The third-order valence-electron chi connectivity index (χ3n) is 4.08. The molecular weight excluding hydrogens is 376 g/mol. The van der Waals surface area contributed by atoms with E-state index in [1.165, 1.54) is 13.2 Å². The molecule has 0 unspecified atom stereocenters. The van der Waals surface area contributed by atoms with Crippen molar-refractivity contribution < 1.29 is 28.5 Å². The number of carbonyl (C=O) groups is 2. The van der Waals surface area contributed by atoms with Gasteiger partial charge in [0.15, 0.2) is 12.3 Å². The predicted molar refractivity (Wildman–Crippen MR) is 107 cm³/mol. The Morgan fingerprint density at radius 3 is 2.45 bits per heavy atom. The summed E-state index contributed by atoms with van der Waals surface area (Å²) in [5.74, 6) is 0.559. The predicted octanol–water partition coefficient (Wildman–Crippen LogP) is 3.06. The number of fused-ring (bicyclic) bond motifs is 1. The molecule has 0 atom stereocenters. The molecule has 1 amide bonds. The highest BCUT2D eigenvalue weighted by molar-refractivity contribution is 5.95. The van der Waals surface area contributed by atoms with E-state index in [4.69, 9.17) is 18.9 Å². The zero-order chi connectivity index (χ0) is 20.8. The first kappa shape index (κ1) is 19.9. The summed E-state index contributed by atoms with van der Waals surface area (Å²) >= 11 is 0. The molecule has 150 valence electrons. The molecule has 0 fully saturated rings. The fourth-order valence-corrected chi connectivity index (χ4v) is 2.67. The van der Waals surface area contributed by atoms with Gasteiger partial charge in [0, 0.05) is 23.2 Å². The van der Waals surface area contributed by atoms with Gasteiger partial charge in [-0.2, -0.15) is 0 Å². The van der Waals surface area contributed by atoms with E-state index < -0.39 is 5.97 Å². The summed E-state index contributed by atoms with van der Waals surface area (Å²) in [6.45, 7) is -0.270. The number of methoxy groups -OCH3 is 3. The van der Waals surface area contributed by atoms with Crippen molar-refractivity contribution in [3.8, 4) is 17.2 Å². The van der Waals surface area contributed by atoms with Crippen molar-refractivity contribution in [2.75, 3.05) is 33.3 Å². The van der Waals surface area contributed by atoms with Crippen LogP contribution in [-0.4, -0.2) is 44.8 Å². The number of hydrogen-bond donors (Lipinski definition) is 1. The fourth-order valence-electron chi connectivity index (χ4n) is 2.67. The van der Waals surface area contributed by atoms with Gasteiger partial charge in [-0.25, -0.2) is 9.78 Å².